The number of hydrogen-bond acceptors (Lipinski definition) is 4. The Balaban J connectivity index is 4.27. The Morgan fingerprint density at radius 3 is 2.14 bits per heavy atom. The molecular weight excluding hydrogens is 223 g/mol. The number of nitrogens with zero attached hydrogens (tertiary/aromatic N) is 2. The van der Waals surface area contributed by atoms with Crippen LogP contribution in [0.4, 0.5) is 0 Å². The van der Waals surface area contributed by atoms with Crippen molar-refractivity contribution in [1.82, 2.24) is 8.98 Å². The van der Waals surface area contributed by atoms with Crippen LogP contribution in [0.2, 0.25) is 0 Å². The topological polar surface area (TPSA) is 60.9 Å². The van der Waals surface area contributed by atoms with E-state index in [4.69, 9.17) is 0 Å². The van der Waals surface area contributed by atoms with E-state index in [1.807, 2.05) is 6.92 Å². The van der Waals surface area contributed by atoms with Crippen LogP contribution in [0.5, 0.6) is 0 Å². The molecule has 86 valence electrons. The monoisotopic (exact) mass is 242 g/mol. The van der Waals surface area contributed by atoms with Gasteiger partial charge in [-0.05, 0) is 14.0 Å². The molecule has 0 aliphatic rings. The van der Waals surface area contributed by atoms with Gasteiger partial charge in [-0.1, -0.05) is 9.39 Å². The maximum Gasteiger partial charge on any atom is 0.211 e. The summed E-state index contributed by atoms with van der Waals surface area (Å²) in [7, 11) is 2.49. The Kier molecular flexibility index (Phi) is 5.47. The highest BCUT2D eigenvalue weighted by atomic mass is 32.2. The summed E-state index contributed by atoms with van der Waals surface area (Å²) < 4.78 is 25.0. The second-order valence-electron chi connectivity index (χ2n) is 3.52. The van der Waals surface area contributed by atoms with Gasteiger partial charge in [0, 0.05) is 19.6 Å². The van der Waals surface area contributed by atoms with E-state index < -0.39 is 16.1 Å². The summed E-state index contributed by atoms with van der Waals surface area (Å²) in [6.07, 6.45) is 0.423. The van der Waals surface area contributed by atoms with Gasteiger partial charge in [-0.3, -0.25) is 4.67 Å². The van der Waals surface area contributed by atoms with Crippen molar-refractivity contribution in [2.24, 2.45) is 0 Å². The third kappa shape index (κ3) is 4.66. The molecule has 0 saturated carbocycles. The van der Waals surface area contributed by atoms with Gasteiger partial charge in [-0.15, -0.1) is 0 Å². The third-order valence-electron chi connectivity index (χ3n) is 2.21. The van der Waals surface area contributed by atoms with Gasteiger partial charge < -0.3 is 5.11 Å². The van der Waals surface area contributed by atoms with Crippen molar-refractivity contribution >= 4 is 19.4 Å². The van der Waals surface area contributed by atoms with E-state index in [1.165, 1.54) is 7.05 Å². The zero-order valence-corrected chi connectivity index (χ0v) is 11.0. The van der Waals surface area contributed by atoms with Crippen LogP contribution >= 0.6 is 9.39 Å². The summed E-state index contributed by atoms with van der Waals surface area (Å²) in [6.45, 7) is 1.94. The van der Waals surface area contributed by atoms with E-state index in [-0.39, 0.29) is 12.6 Å². The first-order valence-electron chi connectivity index (χ1n) is 4.23. The molecule has 5 nitrogen and oxygen atoms in total. The molecule has 0 saturated heterocycles. The molecule has 1 N–H and O–H groups in total. The van der Waals surface area contributed by atoms with Crippen LogP contribution in [0, 0.1) is 0 Å². The molecule has 1 unspecified atom stereocenters. The molecule has 0 rings (SSSR count). The fourth-order valence-corrected chi connectivity index (χ4v) is 1.45. The van der Waals surface area contributed by atoms with Crippen molar-refractivity contribution < 1.29 is 13.5 Å². The van der Waals surface area contributed by atoms with Crippen LogP contribution in [-0.4, -0.2) is 61.5 Å². The Labute approximate surface area is 88.4 Å². The van der Waals surface area contributed by atoms with Crippen molar-refractivity contribution in [1.29, 1.82) is 0 Å². The average Bonchev–Trinajstić information content (AvgIpc) is 2.00. The molecule has 3 atom stereocenters. The average molecular weight is 242 g/mol. The number of hydrogen-bond donors (Lipinski definition) is 1. The molecule has 0 amide bonds. The lowest BCUT2D eigenvalue weighted by atomic mass is 10.2. The molecule has 0 heterocycles. The van der Waals surface area contributed by atoms with E-state index in [0.29, 0.717) is 0 Å². The van der Waals surface area contributed by atoms with Gasteiger partial charge in [0.05, 0.1) is 12.4 Å². The largest absolute Gasteiger partial charge is 0.390 e. The lowest BCUT2D eigenvalue weighted by Crippen LogP contribution is -2.42. The zero-order chi connectivity index (χ0) is 11.5. The fraction of sp³-hybridized carbons (Fsp3) is 1.00. The predicted molar refractivity (Wildman–Crippen MR) is 60.4 cm³/mol. The summed E-state index contributed by atoms with van der Waals surface area (Å²) in [4.78, 5) is 0. The maximum atomic E-state index is 11.1. The summed E-state index contributed by atoms with van der Waals surface area (Å²) in [6, 6.07) is -0.107. The fourth-order valence-electron chi connectivity index (χ4n) is 0.823. The zero-order valence-electron chi connectivity index (χ0n) is 9.01. The van der Waals surface area contributed by atoms with Crippen molar-refractivity contribution in [3.8, 4) is 0 Å². The Morgan fingerprint density at radius 1 is 1.43 bits per heavy atom. The van der Waals surface area contributed by atoms with Crippen molar-refractivity contribution in [2.75, 3.05) is 26.9 Å². The van der Waals surface area contributed by atoms with Crippen molar-refractivity contribution in [3.05, 3.63) is 0 Å². The Morgan fingerprint density at radius 2 is 1.86 bits per heavy atom. The first-order chi connectivity index (χ1) is 6.16. The lowest BCUT2D eigenvalue weighted by molar-refractivity contribution is 0.0956. The summed E-state index contributed by atoms with van der Waals surface area (Å²) in [5.74, 6) is 0. The van der Waals surface area contributed by atoms with E-state index in [0.717, 1.165) is 10.6 Å². The highest BCUT2D eigenvalue weighted by Crippen LogP contribution is 2.08. The standard InChI is InChI=1S/C7H19N2O3PS/c1-6(9(3)13)7(10)5-8(2)14(4,11)12/h6-7,10H,5,13H2,1-4H3/t6-,7+/m0/s1. The predicted octanol–water partition coefficient (Wildman–Crippen LogP) is -0.651. The van der Waals surface area contributed by atoms with Gasteiger partial charge in [0.1, 0.15) is 0 Å². The van der Waals surface area contributed by atoms with E-state index in [2.05, 4.69) is 9.39 Å². The van der Waals surface area contributed by atoms with Crippen LogP contribution < -0.4 is 0 Å². The maximum absolute atomic E-state index is 11.1. The first-order valence-corrected chi connectivity index (χ1v) is 6.59. The second-order valence-corrected chi connectivity index (χ2v) is 6.42. The second kappa shape index (κ2) is 5.37. The summed E-state index contributed by atoms with van der Waals surface area (Å²) in [5.41, 5.74) is 0. The summed E-state index contributed by atoms with van der Waals surface area (Å²) in [5, 5.41) is 9.66. The van der Waals surface area contributed by atoms with Crippen LogP contribution in [-0.2, 0) is 10.0 Å². The van der Waals surface area contributed by atoms with Crippen molar-refractivity contribution in [3.63, 3.8) is 0 Å². The Hall–Kier alpha value is 0.260. The van der Waals surface area contributed by atoms with Crippen LogP contribution in [0.3, 0.4) is 0 Å². The first kappa shape index (κ1) is 14.3. The normalized spacial score (nSPS) is 17.4. The highest BCUT2D eigenvalue weighted by molar-refractivity contribution is 7.88. The number of aliphatic hydroxyl groups is 1. The molecule has 0 aromatic rings. The number of sulfonamides is 1. The molecule has 14 heavy (non-hydrogen) atoms. The SMILES string of the molecule is C[C@@H]([C@H](O)CN(C)S(C)(=O)=O)N(C)P. The van der Waals surface area contributed by atoms with Gasteiger partial charge in [-0.2, -0.15) is 0 Å². The molecule has 0 spiro atoms. The van der Waals surface area contributed by atoms with Gasteiger partial charge in [-0.25, -0.2) is 12.7 Å². The molecule has 0 aromatic carbocycles. The van der Waals surface area contributed by atoms with E-state index in [9.17, 15) is 13.5 Å². The molecule has 7 heteroatoms. The van der Waals surface area contributed by atoms with E-state index >= 15 is 0 Å². The molecule has 0 aliphatic heterocycles. The molecule has 0 fully saturated rings. The minimum atomic E-state index is -3.21. The van der Waals surface area contributed by atoms with Crippen LogP contribution in [0.15, 0.2) is 0 Å². The lowest BCUT2D eigenvalue weighted by Gasteiger charge is -2.27. The summed E-state index contributed by atoms with van der Waals surface area (Å²) >= 11 is 0. The minimum Gasteiger partial charge on any atom is -0.390 e. The van der Waals surface area contributed by atoms with Gasteiger partial charge in [0.15, 0.2) is 0 Å². The molecular formula is C7H19N2O3PS. The minimum absolute atomic E-state index is 0.107. The number of rotatable bonds is 5. The Bertz CT molecular complexity index is 268. The number of likely N-dealkylation sites (N-methyl/N-ethyl adjacent to an activating group) is 2. The molecule has 0 aliphatic carbocycles. The van der Waals surface area contributed by atoms with Gasteiger partial charge >= 0.3 is 0 Å². The quantitative estimate of drug-likeness (QED) is 0.651. The number of aliphatic hydroxyl groups excluding tert-OH is 1. The van der Waals surface area contributed by atoms with Gasteiger partial charge in [0.25, 0.3) is 0 Å². The van der Waals surface area contributed by atoms with E-state index in [1.54, 1.807) is 11.7 Å². The smallest absolute Gasteiger partial charge is 0.211 e. The highest BCUT2D eigenvalue weighted by Gasteiger charge is 2.21. The molecule has 0 bridgehead atoms. The third-order valence-corrected chi connectivity index (χ3v) is 3.96. The molecule has 0 radical (unpaired) electrons. The van der Waals surface area contributed by atoms with Gasteiger partial charge in [0.2, 0.25) is 10.0 Å². The van der Waals surface area contributed by atoms with Crippen molar-refractivity contribution in [2.45, 2.75) is 19.1 Å². The van der Waals surface area contributed by atoms with Crippen LogP contribution in [0.25, 0.3) is 0 Å². The van der Waals surface area contributed by atoms with Crippen LogP contribution in [0.1, 0.15) is 6.92 Å². The molecule has 0 aromatic heterocycles.